The summed E-state index contributed by atoms with van der Waals surface area (Å²) in [5.41, 5.74) is 12.0. The molecule has 3 aromatic heterocycles. The minimum atomic E-state index is -0.110. The van der Waals surface area contributed by atoms with E-state index < -0.39 is 0 Å². The maximum absolute atomic E-state index is 15.2. The van der Waals surface area contributed by atoms with Crippen molar-refractivity contribution in [3.05, 3.63) is 215 Å². The Labute approximate surface area is 327 Å². The smallest absolute Gasteiger partial charge is 0.265 e. The van der Waals surface area contributed by atoms with Gasteiger partial charge in [-0.3, -0.25) is 13.9 Å². The molecule has 0 bridgehead atoms. The summed E-state index contributed by atoms with van der Waals surface area (Å²) in [6.07, 6.45) is 4.41. The molecule has 6 heteroatoms. The van der Waals surface area contributed by atoms with Gasteiger partial charge in [-0.05, 0) is 59.7 Å². The topological polar surface area (TPSA) is 56.2 Å². The van der Waals surface area contributed by atoms with Gasteiger partial charge in [0.15, 0.2) is 0 Å². The van der Waals surface area contributed by atoms with Crippen LogP contribution in [0, 0.1) is 0 Å². The Hall–Kier alpha value is -7.70. The second kappa shape index (κ2) is 12.2. The molecular formula is C51H33N5O. The number of pyridine rings is 1. The van der Waals surface area contributed by atoms with Crippen molar-refractivity contribution in [2.24, 2.45) is 4.99 Å². The number of para-hydroxylation sites is 4. The first-order valence-electron chi connectivity index (χ1n) is 19.3. The third kappa shape index (κ3) is 4.58. The van der Waals surface area contributed by atoms with Crippen LogP contribution in [0.2, 0.25) is 0 Å². The number of aliphatic imine (C=N–C) groups is 1. The summed E-state index contributed by atoms with van der Waals surface area (Å²) in [5, 5.41) is 8.61. The van der Waals surface area contributed by atoms with Crippen LogP contribution >= 0.6 is 0 Å². The van der Waals surface area contributed by atoms with Crippen LogP contribution in [0.5, 0.6) is 0 Å². The van der Waals surface area contributed by atoms with E-state index in [4.69, 9.17) is 4.99 Å². The van der Waals surface area contributed by atoms with Crippen molar-refractivity contribution in [1.29, 1.82) is 0 Å². The number of nitrogens with zero attached hydrogens (tertiary/aromatic N) is 4. The highest BCUT2D eigenvalue weighted by atomic mass is 16.1. The number of hydrogen-bond donors (Lipinski definition) is 1. The number of aromatic nitrogens is 3. The summed E-state index contributed by atoms with van der Waals surface area (Å²) in [5.74, 6) is 0.745. The van der Waals surface area contributed by atoms with Gasteiger partial charge < -0.3 is 9.88 Å². The molecule has 1 N–H and O–H groups in total. The third-order valence-corrected chi connectivity index (χ3v) is 11.7. The summed E-state index contributed by atoms with van der Waals surface area (Å²) in [4.78, 5) is 20.7. The van der Waals surface area contributed by atoms with Gasteiger partial charge in [0.05, 0.1) is 44.7 Å². The van der Waals surface area contributed by atoms with Crippen LogP contribution in [-0.2, 0) is 0 Å². The number of rotatable bonds is 3. The minimum absolute atomic E-state index is 0.0508. The molecule has 6 nitrogen and oxygen atoms in total. The van der Waals surface area contributed by atoms with E-state index in [1.54, 1.807) is 0 Å². The molecule has 0 fully saturated rings. The quantitative estimate of drug-likeness (QED) is 0.197. The number of hydrogen-bond acceptors (Lipinski definition) is 3. The summed E-state index contributed by atoms with van der Waals surface area (Å²) >= 11 is 0. The fourth-order valence-corrected chi connectivity index (χ4v) is 9.23. The Morgan fingerprint density at radius 3 is 1.82 bits per heavy atom. The van der Waals surface area contributed by atoms with Gasteiger partial charge in [-0.2, -0.15) is 0 Å². The fourth-order valence-electron chi connectivity index (χ4n) is 9.23. The molecule has 0 saturated carbocycles. The lowest BCUT2D eigenvalue weighted by molar-refractivity contribution is 0.727. The molecule has 1 aliphatic carbocycles. The lowest BCUT2D eigenvalue weighted by atomic mass is 9.86. The van der Waals surface area contributed by atoms with Gasteiger partial charge in [-0.1, -0.05) is 140 Å². The molecular weight excluding hydrogens is 699 g/mol. The van der Waals surface area contributed by atoms with Crippen LogP contribution in [0.3, 0.4) is 0 Å². The van der Waals surface area contributed by atoms with Gasteiger partial charge >= 0.3 is 0 Å². The molecule has 4 heterocycles. The van der Waals surface area contributed by atoms with Crippen molar-refractivity contribution in [1.82, 2.24) is 19.0 Å². The van der Waals surface area contributed by atoms with Gasteiger partial charge in [0, 0.05) is 44.1 Å². The number of benzene rings is 7. The fraction of sp³-hybridized carbons (Fsp3) is 0.0196. The number of fused-ring (bicyclic) bond motifs is 11. The predicted octanol–water partition coefficient (Wildman–Crippen LogP) is 11.2. The lowest BCUT2D eigenvalue weighted by Crippen LogP contribution is -2.38. The average molecular weight is 732 g/mol. The first-order valence-corrected chi connectivity index (χ1v) is 19.3. The molecule has 2 aliphatic rings. The Morgan fingerprint density at radius 1 is 0.491 bits per heavy atom. The summed E-state index contributed by atoms with van der Waals surface area (Å²) < 4.78 is 6.44. The van der Waals surface area contributed by atoms with Crippen molar-refractivity contribution >= 4 is 72.2 Å². The van der Waals surface area contributed by atoms with Crippen molar-refractivity contribution < 1.29 is 0 Å². The first kappa shape index (κ1) is 31.6. The molecule has 0 spiro atoms. The lowest BCUT2D eigenvalue weighted by Gasteiger charge is -2.32. The zero-order valence-corrected chi connectivity index (χ0v) is 30.7. The summed E-state index contributed by atoms with van der Waals surface area (Å²) in [6.45, 7) is 0. The highest BCUT2D eigenvalue weighted by molar-refractivity contribution is 6.23. The molecule has 1 unspecified atom stereocenters. The first-order chi connectivity index (χ1) is 28.2. The van der Waals surface area contributed by atoms with E-state index >= 15 is 4.79 Å². The van der Waals surface area contributed by atoms with E-state index in [9.17, 15) is 0 Å². The SMILES string of the molecule is O=c1c2c3ccccc3n(-c3ccccc3)c2c2cc3c(cc2n1-c1ccccc1)c1ccccc1n3C1=NC(c2ccccc2)=C2C=Cc3ccccc3C2N1. The second-order valence-corrected chi connectivity index (χ2v) is 14.8. The molecule has 0 amide bonds. The van der Waals surface area contributed by atoms with Gasteiger partial charge in [0.25, 0.3) is 5.56 Å². The zero-order valence-electron chi connectivity index (χ0n) is 30.7. The predicted molar refractivity (Wildman–Crippen MR) is 234 cm³/mol. The van der Waals surface area contributed by atoms with E-state index in [1.807, 2.05) is 59.2 Å². The van der Waals surface area contributed by atoms with Crippen molar-refractivity contribution in [3.8, 4) is 11.4 Å². The van der Waals surface area contributed by atoms with Gasteiger partial charge in [0.2, 0.25) is 5.96 Å². The van der Waals surface area contributed by atoms with Crippen LogP contribution in [-0.4, -0.2) is 19.7 Å². The molecule has 57 heavy (non-hydrogen) atoms. The Morgan fingerprint density at radius 2 is 1.07 bits per heavy atom. The normalized spacial score (nSPS) is 15.0. The van der Waals surface area contributed by atoms with Crippen LogP contribution in [0.1, 0.15) is 22.7 Å². The van der Waals surface area contributed by atoms with Gasteiger partial charge in [0.1, 0.15) is 0 Å². The van der Waals surface area contributed by atoms with Crippen molar-refractivity contribution in [3.63, 3.8) is 0 Å². The Balaban J connectivity index is 1.24. The van der Waals surface area contributed by atoms with Crippen molar-refractivity contribution in [2.45, 2.75) is 6.04 Å². The maximum atomic E-state index is 15.2. The van der Waals surface area contributed by atoms with Gasteiger partial charge in [-0.25, -0.2) is 4.99 Å². The Bertz CT molecular complexity index is 3440. The largest absolute Gasteiger partial charge is 0.344 e. The molecule has 268 valence electrons. The maximum Gasteiger partial charge on any atom is 0.265 e. The average Bonchev–Trinajstić information content (AvgIpc) is 3.80. The molecule has 7 aromatic carbocycles. The molecule has 0 radical (unpaired) electrons. The third-order valence-electron chi connectivity index (χ3n) is 11.7. The van der Waals surface area contributed by atoms with E-state index in [-0.39, 0.29) is 11.6 Å². The van der Waals surface area contributed by atoms with E-state index in [0.29, 0.717) is 5.39 Å². The standard InChI is InChI=1S/C51H33N5O/c57-50-46-38-25-13-15-27-43(38)54(34-19-6-2-7-20-34)49(46)41-31-44-40(30-45(41)55(50)35-21-8-3-9-22-35)37-24-12-14-26-42(37)56(44)51-52-47(33-17-4-1-5-18-33)39-29-28-32-16-10-11-23-36(32)48(39)53-51/h1-31,48H,(H,52,53). The van der Waals surface area contributed by atoms with Crippen LogP contribution < -0.4 is 10.9 Å². The number of nitrogens with one attached hydrogen (secondary N) is 1. The zero-order chi connectivity index (χ0) is 37.6. The van der Waals surface area contributed by atoms with Crippen LogP contribution in [0.4, 0.5) is 0 Å². The molecule has 1 aliphatic heterocycles. The van der Waals surface area contributed by atoms with E-state index in [0.717, 1.165) is 83.3 Å². The van der Waals surface area contributed by atoms with Crippen LogP contribution in [0.25, 0.3) is 77.7 Å². The van der Waals surface area contributed by atoms with Gasteiger partial charge in [-0.15, -0.1) is 0 Å². The monoisotopic (exact) mass is 731 g/mol. The molecule has 0 saturated heterocycles. The minimum Gasteiger partial charge on any atom is -0.344 e. The molecule has 1 atom stereocenters. The summed E-state index contributed by atoms with van der Waals surface area (Å²) in [6, 6.07) is 60.6. The highest BCUT2D eigenvalue weighted by Crippen LogP contribution is 2.42. The molecule has 10 aromatic rings. The van der Waals surface area contributed by atoms with E-state index in [2.05, 4.69) is 148 Å². The van der Waals surface area contributed by atoms with E-state index in [1.165, 1.54) is 11.1 Å². The Kier molecular flexibility index (Phi) is 6.74. The molecule has 12 rings (SSSR count). The second-order valence-electron chi connectivity index (χ2n) is 14.8. The van der Waals surface area contributed by atoms with Crippen LogP contribution in [0.15, 0.2) is 197 Å². The highest BCUT2D eigenvalue weighted by Gasteiger charge is 2.31. The summed E-state index contributed by atoms with van der Waals surface area (Å²) in [7, 11) is 0. The van der Waals surface area contributed by atoms with Crippen molar-refractivity contribution in [2.75, 3.05) is 0 Å².